The molecule has 2 aliphatic carbocycles. The Morgan fingerprint density at radius 2 is 1.52 bits per heavy atom. The van der Waals surface area contributed by atoms with E-state index in [0.717, 1.165) is 31.4 Å². The molecule has 25 heavy (non-hydrogen) atoms. The molecule has 2 aromatic rings. The minimum absolute atomic E-state index is 0.0654. The number of aromatic hydroxyl groups is 2. The summed E-state index contributed by atoms with van der Waals surface area (Å²) >= 11 is 0. The number of hydrogen-bond acceptors (Lipinski definition) is 6. The molecule has 4 N–H and O–H groups in total. The Labute approximate surface area is 141 Å². The average Bonchev–Trinajstić information content (AvgIpc) is 3.37. The van der Waals surface area contributed by atoms with E-state index in [0.29, 0.717) is 11.6 Å². The summed E-state index contributed by atoms with van der Waals surface area (Å²) in [5, 5.41) is 28.7. The van der Waals surface area contributed by atoms with E-state index in [2.05, 4.69) is 9.97 Å². The highest BCUT2D eigenvalue weighted by Gasteiger charge is 2.28. The summed E-state index contributed by atoms with van der Waals surface area (Å²) in [5.41, 5.74) is -0.383. The summed E-state index contributed by atoms with van der Waals surface area (Å²) < 4.78 is 0. The molecule has 9 heteroatoms. The van der Waals surface area contributed by atoms with E-state index < -0.39 is 21.9 Å². The number of hydrogen-bond donors (Lipinski definition) is 4. The Bertz CT molecular complexity index is 924. The Kier molecular flexibility index (Phi) is 4.30. The van der Waals surface area contributed by atoms with Gasteiger partial charge >= 0.3 is 11.2 Å². The molecule has 0 bridgehead atoms. The fourth-order valence-corrected chi connectivity index (χ4v) is 2.51. The van der Waals surface area contributed by atoms with Crippen molar-refractivity contribution < 1.29 is 15.1 Å². The maximum absolute atomic E-state index is 11.2. The number of pyridine rings is 2. The Hall–Kier alpha value is -3.10. The van der Waals surface area contributed by atoms with Crippen molar-refractivity contribution in [3.8, 4) is 11.5 Å². The van der Waals surface area contributed by atoms with Crippen LogP contribution in [-0.4, -0.2) is 25.1 Å². The molecular formula is C16H17N3O6. The highest BCUT2D eigenvalue weighted by molar-refractivity contribution is 5.44. The summed E-state index contributed by atoms with van der Waals surface area (Å²) in [6.45, 7) is 0. The van der Waals surface area contributed by atoms with Crippen LogP contribution in [0.3, 0.4) is 0 Å². The van der Waals surface area contributed by atoms with Gasteiger partial charge in [-0.05, 0) is 43.6 Å². The molecule has 0 aliphatic heterocycles. The molecule has 2 saturated carbocycles. The summed E-state index contributed by atoms with van der Waals surface area (Å²) in [5.74, 6) is 0.237. The first kappa shape index (κ1) is 16.7. The second-order valence-electron chi connectivity index (χ2n) is 6.25. The standard InChI is InChI=1S/C8H8N2O4.C8H9NO2/c11-6-3-5(4-1-2-4)9-8(12)7(6)10(13)14;10-6-3-7(5-1-2-5)9-8(11)4-6/h3-4H,1-2H2,(H2,9,11,12);3-5H,1-2H2,(H2,9,10,11). The van der Waals surface area contributed by atoms with Gasteiger partial charge in [0.05, 0.1) is 4.92 Å². The number of rotatable bonds is 3. The number of aromatic nitrogens is 2. The average molecular weight is 347 g/mol. The Balaban J connectivity index is 0.000000150. The lowest BCUT2D eigenvalue weighted by Crippen LogP contribution is -2.13. The van der Waals surface area contributed by atoms with Crippen molar-refractivity contribution in [1.29, 1.82) is 0 Å². The van der Waals surface area contributed by atoms with Gasteiger partial charge in [0.25, 0.3) is 5.56 Å². The van der Waals surface area contributed by atoms with Crippen LogP contribution in [0.2, 0.25) is 0 Å². The third-order valence-electron chi connectivity index (χ3n) is 4.07. The van der Waals surface area contributed by atoms with Crippen molar-refractivity contribution in [3.05, 3.63) is 60.4 Å². The molecule has 2 heterocycles. The van der Waals surface area contributed by atoms with Gasteiger partial charge in [-0.2, -0.15) is 0 Å². The predicted octanol–water partition coefficient (Wildman–Crippen LogP) is 1.82. The molecule has 2 aliphatic rings. The van der Waals surface area contributed by atoms with Gasteiger partial charge in [-0.25, -0.2) is 0 Å². The maximum atomic E-state index is 11.2. The highest BCUT2D eigenvalue weighted by Crippen LogP contribution is 2.40. The van der Waals surface area contributed by atoms with E-state index in [1.807, 2.05) is 0 Å². The van der Waals surface area contributed by atoms with Gasteiger partial charge in [-0.3, -0.25) is 19.7 Å². The summed E-state index contributed by atoms with van der Waals surface area (Å²) in [7, 11) is 0. The van der Waals surface area contributed by atoms with Crippen LogP contribution in [0.4, 0.5) is 5.69 Å². The second-order valence-corrected chi connectivity index (χ2v) is 6.25. The predicted molar refractivity (Wildman–Crippen MR) is 88.1 cm³/mol. The molecule has 0 unspecified atom stereocenters. The fourth-order valence-electron chi connectivity index (χ4n) is 2.51. The summed E-state index contributed by atoms with van der Waals surface area (Å²) in [6.07, 6.45) is 4.15. The number of nitro groups is 1. The summed E-state index contributed by atoms with van der Waals surface area (Å²) in [4.78, 5) is 36.6. The minimum atomic E-state index is -0.884. The van der Waals surface area contributed by atoms with Crippen molar-refractivity contribution in [2.75, 3.05) is 0 Å². The lowest BCUT2D eigenvalue weighted by Gasteiger charge is -1.99. The molecule has 2 aromatic heterocycles. The van der Waals surface area contributed by atoms with Gasteiger partial charge < -0.3 is 20.2 Å². The van der Waals surface area contributed by atoms with Crippen LogP contribution >= 0.6 is 0 Å². The molecule has 2 fully saturated rings. The van der Waals surface area contributed by atoms with Gasteiger partial charge in [0.15, 0.2) is 0 Å². The van der Waals surface area contributed by atoms with Gasteiger partial charge in [0, 0.05) is 23.5 Å². The highest BCUT2D eigenvalue weighted by atomic mass is 16.6. The SMILES string of the molecule is O=c1[nH]c(C2CC2)cc(O)c1[N+](=O)[O-].O=c1cc(O)cc(C2CC2)[nH]1. The van der Waals surface area contributed by atoms with Crippen LogP contribution in [0.5, 0.6) is 11.5 Å². The van der Waals surface area contributed by atoms with Crippen LogP contribution in [0, 0.1) is 10.1 Å². The van der Waals surface area contributed by atoms with Crippen LogP contribution in [-0.2, 0) is 0 Å². The van der Waals surface area contributed by atoms with Crippen molar-refractivity contribution >= 4 is 5.69 Å². The number of nitrogens with one attached hydrogen (secondary N) is 2. The van der Waals surface area contributed by atoms with Crippen molar-refractivity contribution in [3.63, 3.8) is 0 Å². The van der Waals surface area contributed by atoms with Crippen LogP contribution < -0.4 is 11.1 Å². The van der Waals surface area contributed by atoms with Crippen LogP contribution in [0.1, 0.15) is 48.9 Å². The normalized spacial score (nSPS) is 16.0. The van der Waals surface area contributed by atoms with E-state index in [1.165, 1.54) is 12.1 Å². The topological polar surface area (TPSA) is 149 Å². The quantitative estimate of drug-likeness (QED) is 0.491. The molecular weight excluding hydrogens is 330 g/mol. The molecule has 0 saturated heterocycles. The molecule has 132 valence electrons. The number of H-pyrrole nitrogens is 2. The van der Waals surface area contributed by atoms with Crippen molar-refractivity contribution in [1.82, 2.24) is 9.97 Å². The van der Waals surface area contributed by atoms with E-state index >= 15 is 0 Å². The lowest BCUT2D eigenvalue weighted by molar-refractivity contribution is -0.387. The van der Waals surface area contributed by atoms with E-state index in [-0.39, 0.29) is 17.2 Å². The van der Waals surface area contributed by atoms with Gasteiger partial charge in [0.1, 0.15) is 5.75 Å². The Morgan fingerprint density at radius 1 is 0.960 bits per heavy atom. The lowest BCUT2D eigenvalue weighted by atomic mass is 10.2. The zero-order valence-electron chi connectivity index (χ0n) is 13.2. The fraction of sp³-hybridized carbons (Fsp3) is 0.375. The van der Waals surface area contributed by atoms with Gasteiger partial charge in [-0.1, -0.05) is 0 Å². The Morgan fingerprint density at radius 3 is 1.96 bits per heavy atom. The first-order valence-corrected chi connectivity index (χ1v) is 7.89. The van der Waals surface area contributed by atoms with Gasteiger partial charge in [-0.15, -0.1) is 0 Å². The van der Waals surface area contributed by atoms with Crippen LogP contribution in [0.25, 0.3) is 0 Å². The van der Waals surface area contributed by atoms with Crippen molar-refractivity contribution in [2.45, 2.75) is 37.5 Å². The first-order chi connectivity index (χ1) is 11.8. The van der Waals surface area contributed by atoms with Gasteiger partial charge in [0.2, 0.25) is 5.75 Å². The zero-order valence-corrected chi connectivity index (χ0v) is 13.2. The third-order valence-corrected chi connectivity index (χ3v) is 4.07. The molecule has 0 aromatic carbocycles. The van der Waals surface area contributed by atoms with Crippen LogP contribution in [0.15, 0.2) is 27.8 Å². The maximum Gasteiger partial charge on any atom is 0.375 e. The largest absolute Gasteiger partial charge is 0.508 e. The monoisotopic (exact) mass is 347 g/mol. The molecule has 0 radical (unpaired) electrons. The molecule has 9 nitrogen and oxygen atoms in total. The van der Waals surface area contributed by atoms with E-state index in [4.69, 9.17) is 5.11 Å². The van der Waals surface area contributed by atoms with E-state index in [1.54, 1.807) is 6.07 Å². The molecule has 0 amide bonds. The second kappa shape index (κ2) is 6.42. The molecule has 4 rings (SSSR count). The first-order valence-electron chi connectivity index (χ1n) is 7.89. The zero-order chi connectivity index (χ0) is 18.1. The molecule has 0 spiro atoms. The number of aromatic amines is 2. The third kappa shape index (κ3) is 4.06. The van der Waals surface area contributed by atoms with E-state index in [9.17, 15) is 24.8 Å². The summed E-state index contributed by atoms with van der Waals surface area (Å²) in [6, 6.07) is 4.07. The smallest absolute Gasteiger partial charge is 0.375 e. The minimum Gasteiger partial charge on any atom is -0.508 e. The number of nitrogens with zero attached hydrogens (tertiary/aromatic N) is 1. The van der Waals surface area contributed by atoms with Crippen molar-refractivity contribution in [2.24, 2.45) is 0 Å². The molecule has 0 atom stereocenters.